The Hall–Kier alpha value is -2.01. The topological polar surface area (TPSA) is 42.4 Å². The lowest BCUT2D eigenvalue weighted by molar-refractivity contribution is -0.0515. The van der Waals surface area contributed by atoms with E-state index in [1.54, 1.807) is 30.5 Å². The number of aliphatic hydroxyl groups excluding tert-OH is 1. The van der Waals surface area contributed by atoms with Gasteiger partial charge in [0.15, 0.2) is 0 Å². The van der Waals surface area contributed by atoms with Gasteiger partial charge in [0.05, 0.1) is 6.10 Å². The molecule has 1 aromatic heterocycles. The lowest BCUT2D eigenvalue weighted by Gasteiger charge is -2.16. The molecule has 1 unspecified atom stereocenters. The van der Waals surface area contributed by atoms with Crippen molar-refractivity contribution in [2.45, 2.75) is 26.1 Å². The van der Waals surface area contributed by atoms with Crippen LogP contribution < -0.4 is 4.74 Å². The van der Waals surface area contributed by atoms with E-state index in [0.29, 0.717) is 5.56 Å². The van der Waals surface area contributed by atoms with Crippen molar-refractivity contribution in [2.75, 3.05) is 0 Å². The summed E-state index contributed by atoms with van der Waals surface area (Å²) in [6.07, 6.45) is 0.936. The van der Waals surface area contributed by atoms with Gasteiger partial charge in [-0.25, -0.2) is 0 Å². The van der Waals surface area contributed by atoms with E-state index in [-0.39, 0.29) is 12.2 Å². The maximum Gasteiger partial charge on any atom is 0.387 e. The maximum atomic E-state index is 12.3. The second-order valence-corrected chi connectivity index (χ2v) is 4.40. The highest BCUT2D eigenvalue weighted by Crippen LogP contribution is 2.28. The Balaban J connectivity index is 2.21. The van der Waals surface area contributed by atoms with Gasteiger partial charge in [0.1, 0.15) is 5.75 Å². The molecule has 0 amide bonds. The first-order chi connectivity index (χ1) is 9.58. The van der Waals surface area contributed by atoms with Crippen LogP contribution in [0.5, 0.6) is 5.75 Å². The van der Waals surface area contributed by atoms with Crippen molar-refractivity contribution < 1.29 is 18.6 Å². The molecule has 1 aromatic carbocycles. The number of pyridine rings is 1. The number of hydrogen-bond acceptors (Lipinski definition) is 3. The molecule has 1 atom stereocenters. The van der Waals surface area contributed by atoms with Gasteiger partial charge >= 0.3 is 6.61 Å². The Bertz CT molecular complexity index is 575. The fourth-order valence-electron chi connectivity index (χ4n) is 1.98. The minimum Gasteiger partial charge on any atom is -0.434 e. The van der Waals surface area contributed by atoms with Crippen LogP contribution in [0, 0.1) is 6.92 Å². The van der Waals surface area contributed by atoms with Crippen LogP contribution in [0.25, 0.3) is 0 Å². The van der Waals surface area contributed by atoms with E-state index >= 15 is 0 Å². The van der Waals surface area contributed by atoms with Crippen molar-refractivity contribution in [3.8, 4) is 5.75 Å². The average molecular weight is 279 g/mol. The minimum atomic E-state index is -2.92. The first-order valence-corrected chi connectivity index (χ1v) is 6.20. The molecule has 0 saturated heterocycles. The summed E-state index contributed by atoms with van der Waals surface area (Å²) in [6.45, 7) is -1.03. The van der Waals surface area contributed by atoms with E-state index in [9.17, 15) is 13.9 Å². The highest BCUT2D eigenvalue weighted by Gasteiger charge is 2.17. The molecule has 106 valence electrons. The second kappa shape index (κ2) is 6.43. The quantitative estimate of drug-likeness (QED) is 0.913. The molecule has 5 heteroatoms. The van der Waals surface area contributed by atoms with Crippen LogP contribution in [-0.2, 0) is 6.42 Å². The fraction of sp³-hybridized carbons (Fsp3) is 0.267. The fourth-order valence-corrected chi connectivity index (χ4v) is 1.98. The highest BCUT2D eigenvalue weighted by molar-refractivity contribution is 5.36. The lowest BCUT2D eigenvalue weighted by atomic mass is 10.0. The number of alkyl halides is 2. The zero-order chi connectivity index (χ0) is 14.5. The molecular weight excluding hydrogens is 264 g/mol. The summed E-state index contributed by atoms with van der Waals surface area (Å²) in [6, 6.07) is 9.93. The molecule has 2 rings (SSSR count). The minimum absolute atomic E-state index is 0.0106. The number of benzene rings is 1. The normalized spacial score (nSPS) is 12.4. The summed E-state index contributed by atoms with van der Waals surface area (Å²) < 4.78 is 29.1. The maximum absolute atomic E-state index is 12.3. The van der Waals surface area contributed by atoms with Gasteiger partial charge in [-0.15, -0.1) is 0 Å². The largest absolute Gasteiger partial charge is 0.434 e. The molecule has 20 heavy (non-hydrogen) atoms. The van der Waals surface area contributed by atoms with Gasteiger partial charge in [-0.1, -0.05) is 24.3 Å². The number of rotatable bonds is 5. The average Bonchev–Trinajstić information content (AvgIpc) is 2.41. The summed E-state index contributed by atoms with van der Waals surface area (Å²) in [5.41, 5.74) is 2.00. The summed E-state index contributed by atoms with van der Waals surface area (Å²) in [5, 5.41) is 10.2. The van der Waals surface area contributed by atoms with E-state index in [0.717, 1.165) is 11.3 Å². The standard InChI is InChI=1S/C15H15F2NO2/c1-10-5-4-8-18-12(10)9-13(19)11-6-2-3-7-14(11)20-15(16)17/h2-8,13,15,19H,9H2,1H3. The number of aliphatic hydroxyl groups is 1. The molecular formula is C15H15F2NO2. The Morgan fingerprint density at radius 3 is 2.65 bits per heavy atom. The van der Waals surface area contributed by atoms with E-state index in [1.807, 2.05) is 13.0 Å². The molecule has 0 saturated carbocycles. The summed E-state index contributed by atoms with van der Waals surface area (Å²) >= 11 is 0. The summed E-state index contributed by atoms with van der Waals surface area (Å²) in [7, 11) is 0. The van der Waals surface area contributed by atoms with E-state index in [2.05, 4.69) is 9.72 Å². The smallest absolute Gasteiger partial charge is 0.387 e. The third-order valence-corrected chi connectivity index (χ3v) is 3.00. The molecule has 0 aliphatic heterocycles. The van der Waals surface area contributed by atoms with E-state index in [4.69, 9.17) is 0 Å². The zero-order valence-electron chi connectivity index (χ0n) is 11.0. The second-order valence-electron chi connectivity index (χ2n) is 4.40. The number of halogens is 2. The van der Waals surface area contributed by atoms with Gasteiger partial charge in [-0.2, -0.15) is 8.78 Å². The van der Waals surface area contributed by atoms with Gasteiger partial charge < -0.3 is 9.84 Å². The molecule has 0 spiro atoms. The Morgan fingerprint density at radius 2 is 1.95 bits per heavy atom. The number of ether oxygens (including phenoxy) is 1. The Labute approximate surface area is 115 Å². The third-order valence-electron chi connectivity index (χ3n) is 3.00. The predicted octanol–water partition coefficient (Wildman–Crippen LogP) is 3.27. The van der Waals surface area contributed by atoms with Gasteiger partial charge in [0, 0.05) is 23.9 Å². The molecule has 0 fully saturated rings. The van der Waals surface area contributed by atoms with Gasteiger partial charge in [0.25, 0.3) is 0 Å². The van der Waals surface area contributed by atoms with Crippen molar-refractivity contribution >= 4 is 0 Å². The molecule has 3 nitrogen and oxygen atoms in total. The van der Waals surface area contributed by atoms with Crippen molar-refractivity contribution in [1.29, 1.82) is 0 Å². The van der Waals surface area contributed by atoms with Crippen molar-refractivity contribution in [3.05, 3.63) is 59.4 Å². The molecule has 1 N–H and O–H groups in total. The van der Waals surface area contributed by atoms with Crippen LogP contribution in [0.2, 0.25) is 0 Å². The van der Waals surface area contributed by atoms with Gasteiger partial charge in [0.2, 0.25) is 0 Å². The number of para-hydroxylation sites is 1. The Morgan fingerprint density at radius 1 is 1.20 bits per heavy atom. The third kappa shape index (κ3) is 3.51. The van der Waals surface area contributed by atoms with Gasteiger partial charge in [-0.05, 0) is 24.6 Å². The van der Waals surface area contributed by atoms with Crippen LogP contribution in [0.3, 0.4) is 0 Å². The monoisotopic (exact) mass is 279 g/mol. The highest BCUT2D eigenvalue weighted by atomic mass is 19.3. The number of nitrogens with zero attached hydrogens (tertiary/aromatic N) is 1. The van der Waals surface area contributed by atoms with Crippen LogP contribution in [0.15, 0.2) is 42.6 Å². The summed E-state index contributed by atoms with van der Waals surface area (Å²) in [4.78, 5) is 4.19. The first kappa shape index (κ1) is 14.4. The number of hydrogen-bond donors (Lipinski definition) is 1. The lowest BCUT2D eigenvalue weighted by Crippen LogP contribution is -2.09. The van der Waals surface area contributed by atoms with Gasteiger partial charge in [-0.3, -0.25) is 4.98 Å². The van der Waals surface area contributed by atoms with E-state index < -0.39 is 12.7 Å². The molecule has 0 aliphatic carbocycles. The Kier molecular flexibility index (Phi) is 4.63. The van der Waals surface area contributed by atoms with Crippen LogP contribution in [0.4, 0.5) is 8.78 Å². The molecule has 0 bridgehead atoms. The molecule has 1 heterocycles. The van der Waals surface area contributed by atoms with Crippen molar-refractivity contribution in [1.82, 2.24) is 4.98 Å². The number of aryl methyl sites for hydroxylation is 1. The zero-order valence-corrected chi connectivity index (χ0v) is 11.0. The predicted molar refractivity (Wildman–Crippen MR) is 70.7 cm³/mol. The van der Waals surface area contributed by atoms with Crippen LogP contribution >= 0.6 is 0 Å². The first-order valence-electron chi connectivity index (χ1n) is 6.20. The summed E-state index contributed by atoms with van der Waals surface area (Å²) in [5.74, 6) is -0.0106. The SMILES string of the molecule is Cc1cccnc1CC(O)c1ccccc1OC(F)F. The van der Waals surface area contributed by atoms with Crippen molar-refractivity contribution in [3.63, 3.8) is 0 Å². The van der Waals surface area contributed by atoms with Crippen molar-refractivity contribution in [2.24, 2.45) is 0 Å². The molecule has 2 aromatic rings. The molecule has 0 aliphatic rings. The van der Waals surface area contributed by atoms with Crippen LogP contribution in [-0.4, -0.2) is 16.7 Å². The number of aromatic nitrogens is 1. The van der Waals surface area contributed by atoms with E-state index in [1.165, 1.54) is 6.07 Å². The van der Waals surface area contributed by atoms with Crippen LogP contribution in [0.1, 0.15) is 22.9 Å². The molecule has 0 radical (unpaired) electrons.